The lowest BCUT2D eigenvalue weighted by Crippen LogP contribution is -2.59. The Labute approximate surface area is 311 Å². The lowest BCUT2D eigenvalue weighted by atomic mass is 9.94. The fourth-order valence-corrected chi connectivity index (χ4v) is 8.08. The maximum atomic E-state index is 14.3. The number of likely N-dealkylation sites (tertiary alicyclic amines) is 1. The average molecular weight is 737 g/mol. The monoisotopic (exact) mass is 736 g/mol. The minimum Gasteiger partial charge on any atom is -0.444 e. The second-order valence-electron chi connectivity index (χ2n) is 17.0. The van der Waals surface area contributed by atoms with Gasteiger partial charge >= 0.3 is 6.09 Å². The van der Waals surface area contributed by atoms with E-state index in [4.69, 9.17) is 4.74 Å². The zero-order valence-corrected chi connectivity index (χ0v) is 32.0. The molecule has 0 bridgehead atoms. The van der Waals surface area contributed by atoms with E-state index in [1.165, 1.54) is 4.90 Å². The third-order valence-electron chi connectivity index (χ3n) is 11.2. The van der Waals surface area contributed by atoms with Gasteiger partial charge in [0, 0.05) is 20.6 Å². The van der Waals surface area contributed by atoms with Crippen molar-refractivity contribution in [3.05, 3.63) is 35.9 Å². The van der Waals surface area contributed by atoms with Gasteiger partial charge in [-0.15, -0.1) is 0 Å². The summed E-state index contributed by atoms with van der Waals surface area (Å²) >= 11 is 0. The molecule has 1 aliphatic heterocycles. The molecule has 3 aliphatic carbocycles. The summed E-state index contributed by atoms with van der Waals surface area (Å²) in [6, 6.07) is 4.78. The zero-order valence-electron chi connectivity index (χ0n) is 32.0. The molecule has 1 unspecified atom stereocenters. The van der Waals surface area contributed by atoms with Crippen LogP contribution in [-0.4, -0.2) is 102 Å². The first-order valence-electron chi connectivity index (χ1n) is 18.9. The highest BCUT2D eigenvalue weighted by Gasteiger charge is 2.70. The topological polar surface area (TPSA) is 183 Å². The summed E-state index contributed by atoms with van der Waals surface area (Å²) in [4.78, 5) is 96.9. The summed E-state index contributed by atoms with van der Waals surface area (Å²) in [6.07, 6.45) is 4.67. The number of likely N-dealkylation sites (N-methyl/N-ethyl adjacent to an activating group) is 1. The molecule has 4 aliphatic rings. The number of piperidine rings is 1. The van der Waals surface area contributed by atoms with Gasteiger partial charge in [-0.25, -0.2) is 4.79 Å². The molecule has 4 fully saturated rings. The highest BCUT2D eigenvalue weighted by atomic mass is 16.6. The van der Waals surface area contributed by atoms with Gasteiger partial charge in [0.15, 0.2) is 0 Å². The fourth-order valence-electron chi connectivity index (χ4n) is 8.08. The number of carbonyl (C=O) groups is 7. The summed E-state index contributed by atoms with van der Waals surface area (Å²) in [5.41, 5.74) is -0.416. The first-order chi connectivity index (χ1) is 24.9. The highest BCUT2D eigenvalue weighted by Crippen LogP contribution is 2.65. The zero-order chi connectivity index (χ0) is 38.8. The standard InChI is InChI=1S/C39H56N6O8/c1-38(2,3)53-37(52)43-30(24-15-11-12-16-24)36(51)45-21-25-28(39(25,4)5)31(45)33(48)41-26(19-22-17-18-22)32(47)34(49)40-20-27(46)42-29(35(50)44(6)7)23-13-9-8-10-14-23/h8-10,13-14,22,24-26,28-31H,11-12,15-21H2,1-7H3,(H,40,49)(H,41,48)(H,42,46)(H,43,52)/t25-,26?,28-,29+,30+,31+/m1/s1. The Bertz CT molecular complexity index is 1580. The van der Waals surface area contributed by atoms with Crippen LogP contribution in [0.5, 0.6) is 0 Å². The number of alkyl carbamates (subject to hydrolysis) is 1. The number of ether oxygens (including phenoxy) is 1. The van der Waals surface area contributed by atoms with Crippen molar-refractivity contribution in [2.24, 2.45) is 29.1 Å². The molecule has 1 aromatic rings. The number of hydrogen-bond acceptors (Lipinski definition) is 8. The molecule has 14 nitrogen and oxygen atoms in total. The number of ketones is 1. The molecule has 1 saturated heterocycles. The number of Topliss-reactive ketones (excluding diaryl/α,β-unsaturated/α-hetero) is 1. The van der Waals surface area contributed by atoms with E-state index in [9.17, 15) is 33.6 Å². The average Bonchev–Trinajstić information content (AvgIpc) is 3.79. The summed E-state index contributed by atoms with van der Waals surface area (Å²) in [6.45, 7) is 9.13. The number of fused-ring (bicyclic) bond motifs is 1. The quantitative estimate of drug-likeness (QED) is 0.210. The molecule has 6 atom stereocenters. The van der Waals surface area contributed by atoms with Gasteiger partial charge in [0.2, 0.25) is 29.4 Å². The lowest BCUT2D eigenvalue weighted by molar-refractivity contribution is -0.145. The molecule has 6 amide bonds. The van der Waals surface area contributed by atoms with Gasteiger partial charge in [0.1, 0.15) is 23.7 Å². The SMILES string of the molecule is CN(C)C(=O)[C@@H](NC(=O)CNC(=O)C(=O)C(CC1CC1)NC(=O)[C@@H]1[C@H]2[C@@H](CN1C(=O)[C@@H](NC(=O)OC(C)(C)C)C1CCCC1)C2(C)C)c1ccccc1. The molecule has 290 valence electrons. The van der Waals surface area contributed by atoms with Crippen molar-refractivity contribution in [1.82, 2.24) is 31.1 Å². The molecule has 0 spiro atoms. The minimum absolute atomic E-state index is 0.0615. The van der Waals surface area contributed by atoms with E-state index in [-0.39, 0.29) is 47.3 Å². The Morgan fingerprint density at radius 1 is 0.925 bits per heavy atom. The molecular weight excluding hydrogens is 680 g/mol. The summed E-state index contributed by atoms with van der Waals surface area (Å²) in [7, 11) is 3.14. The third-order valence-corrected chi connectivity index (χ3v) is 11.2. The number of nitrogens with zero attached hydrogens (tertiary/aromatic N) is 2. The van der Waals surface area contributed by atoms with Crippen molar-refractivity contribution in [3.63, 3.8) is 0 Å². The number of carbonyl (C=O) groups excluding carboxylic acids is 7. The van der Waals surface area contributed by atoms with E-state index >= 15 is 0 Å². The second kappa shape index (κ2) is 15.9. The van der Waals surface area contributed by atoms with Crippen LogP contribution in [0.15, 0.2) is 30.3 Å². The summed E-state index contributed by atoms with van der Waals surface area (Å²) in [5.74, 6) is -3.87. The van der Waals surface area contributed by atoms with Gasteiger partial charge < -0.3 is 35.8 Å². The predicted molar refractivity (Wildman–Crippen MR) is 195 cm³/mol. The molecule has 1 aromatic carbocycles. The Balaban J connectivity index is 1.27. The molecule has 0 aromatic heterocycles. The van der Waals surface area contributed by atoms with Crippen molar-refractivity contribution in [1.29, 1.82) is 0 Å². The Hall–Kier alpha value is -4.49. The highest BCUT2D eigenvalue weighted by molar-refractivity contribution is 6.38. The number of amides is 6. The van der Waals surface area contributed by atoms with E-state index in [1.807, 2.05) is 0 Å². The van der Waals surface area contributed by atoms with E-state index in [2.05, 4.69) is 35.1 Å². The smallest absolute Gasteiger partial charge is 0.408 e. The minimum atomic E-state index is -1.16. The Morgan fingerprint density at radius 2 is 1.57 bits per heavy atom. The van der Waals surface area contributed by atoms with Gasteiger partial charge in [-0.1, -0.05) is 69.9 Å². The van der Waals surface area contributed by atoms with Crippen LogP contribution in [0.25, 0.3) is 0 Å². The van der Waals surface area contributed by atoms with Crippen LogP contribution in [0.1, 0.15) is 91.2 Å². The van der Waals surface area contributed by atoms with Crippen molar-refractivity contribution in [3.8, 4) is 0 Å². The number of benzene rings is 1. The maximum Gasteiger partial charge on any atom is 0.408 e. The van der Waals surface area contributed by atoms with Crippen molar-refractivity contribution in [2.45, 2.75) is 109 Å². The van der Waals surface area contributed by atoms with Gasteiger partial charge in [-0.3, -0.25) is 28.8 Å². The van der Waals surface area contributed by atoms with Crippen LogP contribution < -0.4 is 21.3 Å². The van der Waals surface area contributed by atoms with Gasteiger partial charge in [0.05, 0.1) is 12.6 Å². The lowest BCUT2D eigenvalue weighted by Gasteiger charge is -2.35. The van der Waals surface area contributed by atoms with Crippen molar-refractivity contribution >= 4 is 41.4 Å². The Kier molecular flexibility index (Phi) is 11.9. The molecule has 53 heavy (non-hydrogen) atoms. The van der Waals surface area contributed by atoms with Crippen LogP contribution >= 0.6 is 0 Å². The molecular formula is C39H56N6O8. The van der Waals surface area contributed by atoms with E-state index in [0.717, 1.165) is 38.5 Å². The molecule has 14 heteroatoms. The molecule has 4 N–H and O–H groups in total. The van der Waals surface area contributed by atoms with Crippen LogP contribution in [0.3, 0.4) is 0 Å². The van der Waals surface area contributed by atoms with Crippen LogP contribution in [0.2, 0.25) is 0 Å². The largest absolute Gasteiger partial charge is 0.444 e. The summed E-state index contributed by atoms with van der Waals surface area (Å²) in [5, 5.41) is 10.7. The van der Waals surface area contributed by atoms with E-state index < -0.39 is 65.9 Å². The molecule has 3 saturated carbocycles. The number of nitrogens with one attached hydrogen (secondary N) is 4. The van der Waals surface area contributed by atoms with Gasteiger partial charge in [0.25, 0.3) is 5.91 Å². The molecule has 0 radical (unpaired) electrons. The number of hydrogen-bond donors (Lipinski definition) is 4. The van der Waals surface area contributed by atoms with Crippen LogP contribution in [0.4, 0.5) is 4.79 Å². The first-order valence-corrected chi connectivity index (χ1v) is 18.9. The molecule has 5 rings (SSSR count). The number of rotatable bonds is 14. The Morgan fingerprint density at radius 3 is 2.15 bits per heavy atom. The van der Waals surface area contributed by atoms with Crippen molar-refractivity contribution < 1.29 is 38.3 Å². The maximum absolute atomic E-state index is 14.3. The van der Waals surface area contributed by atoms with Gasteiger partial charge in [-0.2, -0.15) is 0 Å². The normalized spacial score (nSPS) is 23.5. The van der Waals surface area contributed by atoms with Crippen molar-refractivity contribution in [2.75, 3.05) is 27.2 Å². The second-order valence-corrected chi connectivity index (χ2v) is 17.0. The fraction of sp³-hybridized carbons (Fsp3) is 0.667. The molecule has 1 heterocycles. The first kappa shape index (κ1) is 39.7. The third kappa shape index (κ3) is 9.55. The summed E-state index contributed by atoms with van der Waals surface area (Å²) < 4.78 is 5.50. The van der Waals surface area contributed by atoms with E-state index in [0.29, 0.717) is 12.1 Å². The van der Waals surface area contributed by atoms with Crippen LogP contribution in [0, 0.1) is 29.1 Å². The van der Waals surface area contributed by atoms with Gasteiger partial charge in [-0.05, 0) is 74.7 Å². The van der Waals surface area contributed by atoms with E-state index in [1.54, 1.807) is 70.1 Å². The van der Waals surface area contributed by atoms with Crippen LogP contribution in [-0.2, 0) is 33.5 Å². The predicted octanol–water partition coefficient (Wildman–Crippen LogP) is 2.47.